The Hall–Kier alpha value is -4.31. The standard InChI is InChI=1S/C31H32N4O5S/c1-3-39-31(38)24(18-21-10-6-4-7-11-21)32-28(36)25-19-41-29(33-25)23-14-16-35(17-15-23)30(37)26-20(2)40-34-27(26)22-12-8-5-9-13-22/h4-13,19,23-24H,3,14-18H2,1-2H3,(H,32,36). The number of aryl methyl sites for hydroxylation is 1. The molecular weight excluding hydrogens is 540 g/mol. The van der Waals surface area contributed by atoms with Crippen LogP contribution in [0.5, 0.6) is 0 Å². The monoisotopic (exact) mass is 572 g/mol. The molecule has 5 rings (SSSR count). The number of nitrogens with one attached hydrogen (secondary N) is 1. The number of esters is 1. The third kappa shape index (κ3) is 6.54. The molecule has 41 heavy (non-hydrogen) atoms. The lowest BCUT2D eigenvalue weighted by Crippen LogP contribution is -2.43. The van der Waals surface area contributed by atoms with Crippen molar-refractivity contribution < 1.29 is 23.6 Å². The zero-order chi connectivity index (χ0) is 28.8. The minimum absolute atomic E-state index is 0.0938. The molecule has 1 N–H and O–H groups in total. The summed E-state index contributed by atoms with van der Waals surface area (Å²) in [6, 6.07) is 18.2. The van der Waals surface area contributed by atoms with Gasteiger partial charge in [0, 0.05) is 36.4 Å². The van der Waals surface area contributed by atoms with Gasteiger partial charge in [0.05, 0.1) is 11.6 Å². The molecule has 1 fully saturated rings. The summed E-state index contributed by atoms with van der Waals surface area (Å²) >= 11 is 1.43. The fourth-order valence-corrected chi connectivity index (χ4v) is 5.97. The Morgan fingerprint density at radius 2 is 1.76 bits per heavy atom. The maximum atomic E-state index is 13.5. The number of likely N-dealkylation sites (tertiary alicyclic amines) is 1. The van der Waals surface area contributed by atoms with Crippen molar-refractivity contribution in [1.29, 1.82) is 0 Å². The normalized spacial score (nSPS) is 14.4. The number of piperidine rings is 1. The molecule has 0 bridgehead atoms. The lowest BCUT2D eigenvalue weighted by molar-refractivity contribution is -0.145. The molecule has 2 aromatic heterocycles. The summed E-state index contributed by atoms with van der Waals surface area (Å²) in [6.07, 6.45) is 1.78. The van der Waals surface area contributed by atoms with Gasteiger partial charge in [-0.2, -0.15) is 0 Å². The van der Waals surface area contributed by atoms with E-state index in [9.17, 15) is 14.4 Å². The van der Waals surface area contributed by atoms with E-state index >= 15 is 0 Å². The third-order valence-electron chi connectivity index (χ3n) is 7.17. The van der Waals surface area contributed by atoms with E-state index in [0.29, 0.717) is 36.5 Å². The van der Waals surface area contributed by atoms with Crippen LogP contribution in [0.15, 0.2) is 70.6 Å². The Labute approximate surface area is 242 Å². The quantitative estimate of drug-likeness (QED) is 0.280. The van der Waals surface area contributed by atoms with Crippen molar-refractivity contribution in [3.8, 4) is 11.3 Å². The maximum Gasteiger partial charge on any atom is 0.328 e. The third-order valence-corrected chi connectivity index (χ3v) is 8.18. The number of ether oxygens (including phenoxy) is 1. The summed E-state index contributed by atoms with van der Waals surface area (Å²) in [5.74, 6) is -0.349. The van der Waals surface area contributed by atoms with Gasteiger partial charge in [-0.25, -0.2) is 9.78 Å². The molecule has 0 aliphatic carbocycles. The minimum atomic E-state index is -0.814. The molecule has 1 aliphatic heterocycles. The first-order valence-electron chi connectivity index (χ1n) is 13.7. The van der Waals surface area contributed by atoms with Crippen LogP contribution >= 0.6 is 11.3 Å². The van der Waals surface area contributed by atoms with Crippen LogP contribution in [-0.4, -0.2) is 58.6 Å². The number of hydrogen-bond donors (Lipinski definition) is 1. The van der Waals surface area contributed by atoms with Crippen molar-refractivity contribution in [2.24, 2.45) is 0 Å². The smallest absolute Gasteiger partial charge is 0.328 e. The number of hydrogen-bond acceptors (Lipinski definition) is 8. The lowest BCUT2D eigenvalue weighted by atomic mass is 9.96. The highest BCUT2D eigenvalue weighted by Crippen LogP contribution is 2.33. The molecule has 2 amide bonds. The van der Waals surface area contributed by atoms with Crippen molar-refractivity contribution in [3.63, 3.8) is 0 Å². The van der Waals surface area contributed by atoms with Crippen LogP contribution in [0.1, 0.15) is 62.9 Å². The summed E-state index contributed by atoms with van der Waals surface area (Å²) < 4.78 is 10.6. The summed E-state index contributed by atoms with van der Waals surface area (Å²) in [4.78, 5) is 45.5. The molecule has 0 saturated carbocycles. The van der Waals surface area contributed by atoms with Gasteiger partial charge in [-0.3, -0.25) is 9.59 Å². The van der Waals surface area contributed by atoms with Crippen LogP contribution in [-0.2, 0) is 16.0 Å². The van der Waals surface area contributed by atoms with E-state index in [1.54, 1.807) is 19.2 Å². The van der Waals surface area contributed by atoms with Gasteiger partial charge in [0.2, 0.25) is 0 Å². The van der Waals surface area contributed by atoms with Gasteiger partial charge in [0.15, 0.2) is 0 Å². The first-order valence-corrected chi connectivity index (χ1v) is 14.6. The minimum Gasteiger partial charge on any atom is -0.464 e. The molecule has 1 unspecified atom stereocenters. The predicted molar refractivity (Wildman–Crippen MR) is 155 cm³/mol. The van der Waals surface area contributed by atoms with E-state index < -0.39 is 17.9 Å². The van der Waals surface area contributed by atoms with Crippen molar-refractivity contribution >= 4 is 29.1 Å². The average molecular weight is 573 g/mol. The second kappa shape index (κ2) is 12.9. The summed E-state index contributed by atoms with van der Waals surface area (Å²) in [7, 11) is 0. The number of nitrogens with zero attached hydrogens (tertiary/aromatic N) is 3. The van der Waals surface area contributed by atoms with Gasteiger partial charge in [-0.1, -0.05) is 65.8 Å². The molecular formula is C31H32N4O5S. The molecule has 0 radical (unpaired) electrons. The zero-order valence-corrected chi connectivity index (χ0v) is 23.9. The van der Waals surface area contributed by atoms with Gasteiger partial charge in [-0.05, 0) is 32.3 Å². The summed E-state index contributed by atoms with van der Waals surface area (Å²) in [6.45, 7) is 4.84. The molecule has 1 aliphatic rings. The van der Waals surface area contributed by atoms with Gasteiger partial charge in [-0.15, -0.1) is 11.3 Å². The van der Waals surface area contributed by atoms with Gasteiger partial charge in [0.1, 0.15) is 28.8 Å². The largest absolute Gasteiger partial charge is 0.464 e. The molecule has 2 aromatic carbocycles. The molecule has 1 saturated heterocycles. The van der Waals surface area contributed by atoms with Gasteiger partial charge >= 0.3 is 5.97 Å². The van der Waals surface area contributed by atoms with Gasteiger partial charge < -0.3 is 19.5 Å². The zero-order valence-electron chi connectivity index (χ0n) is 23.0. The van der Waals surface area contributed by atoms with Crippen LogP contribution in [0.25, 0.3) is 11.3 Å². The Balaban J connectivity index is 1.21. The molecule has 212 valence electrons. The van der Waals surface area contributed by atoms with E-state index in [2.05, 4.69) is 15.5 Å². The number of thiazole rings is 1. The Morgan fingerprint density at radius 1 is 1.07 bits per heavy atom. The van der Waals surface area contributed by atoms with Crippen molar-refractivity contribution in [1.82, 2.24) is 20.4 Å². The number of carbonyl (C=O) groups is 3. The van der Waals surface area contributed by atoms with E-state index in [0.717, 1.165) is 29.0 Å². The summed E-state index contributed by atoms with van der Waals surface area (Å²) in [5.41, 5.74) is 3.08. The van der Waals surface area contributed by atoms with Crippen LogP contribution in [0, 0.1) is 6.92 Å². The van der Waals surface area contributed by atoms with Crippen molar-refractivity contribution in [2.45, 2.75) is 45.1 Å². The Bertz CT molecular complexity index is 1490. The van der Waals surface area contributed by atoms with Crippen LogP contribution in [0.2, 0.25) is 0 Å². The Morgan fingerprint density at radius 3 is 2.44 bits per heavy atom. The van der Waals surface area contributed by atoms with E-state index in [4.69, 9.17) is 9.26 Å². The average Bonchev–Trinajstić information content (AvgIpc) is 3.65. The number of aromatic nitrogens is 2. The van der Waals surface area contributed by atoms with Crippen LogP contribution in [0.4, 0.5) is 0 Å². The second-order valence-electron chi connectivity index (χ2n) is 9.93. The highest BCUT2D eigenvalue weighted by atomic mass is 32.1. The predicted octanol–water partition coefficient (Wildman–Crippen LogP) is 5.03. The maximum absolute atomic E-state index is 13.5. The van der Waals surface area contributed by atoms with Crippen molar-refractivity contribution in [2.75, 3.05) is 19.7 Å². The molecule has 9 nitrogen and oxygen atoms in total. The van der Waals surface area contributed by atoms with E-state index in [1.807, 2.05) is 65.6 Å². The SMILES string of the molecule is CCOC(=O)C(Cc1ccccc1)NC(=O)c1csc(C2CCN(C(=O)c3c(-c4ccccc4)noc3C)CC2)n1. The summed E-state index contributed by atoms with van der Waals surface area (Å²) in [5, 5.41) is 9.53. The first-order chi connectivity index (χ1) is 19.9. The number of benzene rings is 2. The van der Waals surface area contributed by atoms with E-state index in [1.165, 1.54) is 11.3 Å². The van der Waals surface area contributed by atoms with E-state index in [-0.39, 0.29) is 24.1 Å². The van der Waals surface area contributed by atoms with Gasteiger partial charge in [0.25, 0.3) is 11.8 Å². The molecule has 4 aromatic rings. The lowest BCUT2D eigenvalue weighted by Gasteiger charge is -2.31. The van der Waals surface area contributed by atoms with Crippen molar-refractivity contribution in [3.05, 3.63) is 93.6 Å². The molecule has 1 atom stereocenters. The fraction of sp³-hybridized carbons (Fsp3) is 0.323. The topological polar surface area (TPSA) is 115 Å². The van der Waals surface area contributed by atoms with Crippen LogP contribution < -0.4 is 5.32 Å². The number of rotatable bonds is 9. The second-order valence-corrected chi connectivity index (χ2v) is 10.8. The molecule has 10 heteroatoms. The van der Waals surface area contributed by atoms with Crippen LogP contribution in [0.3, 0.4) is 0 Å². The highest BCUT2D eigenvalue weighted by Gasteiger charge is 2.31. The Kier molecular flexibility index (Phi) is 8.88. The highest BCUT2D eigenvalue weighted by molar-refractivity contribution is 7.09. The number of amides is 2. The molecule has 0 spiro atoms. The number of carbonyl (C=O) groups excluding carboxylic acids is 3. The molecule has 3 heterocycles. The fourth-order valence-electron chi connectivity index (χ4n) is 5.00. The first kappa shape index (κ1) is 28.2.